The lowest BCUT2D eigenvalue weighted by atomic mass is 10.1. The van der Waals surface area contributed by atoms with Crippen molar-refractivity contribution in [2.24, 2.45) is 0 Å². The maximum absolute atomic E-state index is 12.7. The molecule has 28 heavy (non-hydrogen) atoms. The first-order chi connectivity index (χ1) is 13.2. The number of nitrogen functional groups attached to an aromatic ring is 1. The van der Waals surface area contributed by atoms with Crippen molar-refractivity contribution in [3.63, 3.8) is 0 Å². The smallest absolute Gasteiger partial charge is 0.333 e. The second kappa shape index (κ2) is 7.15. The summed E-state index contributed by atoms with van der Waals surface area (Å²) in [7, 11) is 0. The van der Waals surface area contributed by atoms with Crippen LogP contribution in [-0.2, 0) is 4.79 Å². The molecule has 3 rings (SSSR count). The van der Waals surface area contributed by atoms with Crippen molar-refractivity contribution in [2.45, 2.75) is 26.8 Å². The highest BCUT2D eigenvalue weighted by atomic mass is 16.2. The van der Waals surface area contributed by atoms with Gasteiger partial charge in [0.25, 0.3) is 11.8 Å². The van der Waals surface area contributed by atoms with Gasteiger partial charge in [-0.3, -0.25) is 19.3 Å². The fraction of sp³-hybridized carbons (Fsp3) is 0.200. The van der Waals surface area contributed by atoms with Crippen LogP contribution in [0.2, 0.25) is 0 Å². The molecule has 0 aliphatic carbocycles. The van der Waals surface area contributed by atoms with Crippen molar-refractivity contribution in [3.05, 3.63) is 53.6 Å². The predicted octanol–water partition coefficient (Wildman–Crippen LogP) is 2.86. The summed E-state index contributed by atoms with van der Waals surface area (Å²) in [4.78, 5) is 51.6. The minimum atomic E-state index is -0.699. The van der Waals surface area contributed by atoms with Crippen LogP contribution in [0.5, 0.6) is 0 Å². The van der Waals surface area contributed by atoms with Gasteiger partial charge in [-0.2, -0.15) is 0 Å². The van der Waals surface area contributed by atoms with Gasteiger partial charge in [-0.1, -0.05) is 6.07 Å². The molecule has 0 atom stereocenters. The van der Waals surface area contributed by atoms with Crippen molar-refractivity contribution in [1.82, 2.24) is 4.90 Å². The lowest BCUT2D eigenvalue weighted by Gasteiger charge is -2.20. The van der Waals surface area contributed by atoms with Crippen LogP contribution in [0.4, 0.5) is 21.9 Å². The predicted molar refractivity (Wildman–Crippen MR) is 105 cm³/mol. The van der Waals surface area contributed by atoms with E-state index in [1.165, 1.54) is 36.1 Å². The Morgan fingerprint density at radius 3 is 2.32 bits per heavy atom. The normalized spacial score (nSPS) is 12.9. The van der Waals surface area contributed by atoms with Gasteiger partial charge in [0.15, 0.2) is 0 Å². The Kier molecular flexibility index (Phi) is 4.87. The van der Waals surface area contributed by atoms with Gasteiger partial charge in [0.1, 0.15) is 0 Å². The highest BCUT2D eigenvalue weighted by Crippen LogP contribution is 2.28. The first-order valence-electron chi connectivity index (χ1n) is 8.70. The summed E-state index contributed by atoms with van der Waals surface area (Å²) in [6.45, 7) is 4.76. The van der Waals surface area contributed by atoms with Crippen LogP contribution in [0.15, 0.2) is 42.5 Å². The molecule has 2 aromatic rings. The molecule has 0 fully saturated rings. The van der Waals surface area contributed by atoms with Crippen molar-refractivity contribution < 1.29 is 19.2 Å². The number of urea groups is 1. The van der Waals surface area contributed by atoms with Crippen LogP contribution in [0.25, 0.3) is 0 Å². The average Bonchev–Trinajstić information content (AvgIpc) is 2.85. The number of nitrogens with two attached hydrogens (primary N) is 1. The Balaban J connectivity index is 1.88. The lowest BCUT2D eigenvalue weighted by Crippen LogP contribution is -2.38. The molecule has 5 amide bonds. The molecule has 0 spiro atoms. The molecule has 0 saturated carbocycles. The third-order valence-electron chi connectivity index (χ3n) is 4.33. The molecular weight excluding hydrogens is 360 g/mol. The maximum atomic E-state index is 12.7. The number of benzene rings is 2. The van der Waals surface area contributed by atoms with E-state index in [1.807, 2.05) is 0 Å². The molecule has 0 radical (unpaired) electrons. The van der Waals surface area contributed by atoms with E-state index in [0.717, 1.165) is 4.90 Å². The molecule has 3 N–H and O–H groups in total. The molecule has 144 valence electrons. The van der Waals surface area contributed by atoms with Gasteiger partial charge in [0.2, 0.25) is 5.91 Å². The molecule has 0 bridgehead atoms. The fourth-order valence-electron chi connectivity index (χ4n) is 3.09. The van der Waals surface area contributed by atoms with Gasteiger partial charge in [0, 0.05) is 24.3 Å². The third-order valence-corrected chi connectivity index (χ3v) is 4.33. The van der Waals surface area contributed by atoms with Gasteiger partial charge in [-0.15, -0.1) is 0 Å². The zero-order chi connectivity index (χ0) is 20.6. The molecule has 1 aliphatic heterocycles. The number of carbonyl (C=O) groups excluding carboxylic acids is 4. The lowest BCUT2D eigenvalue weighted by molar-refractivity contribution is -0.115. The van der Waals surface area contributed by atoms with E-state index in [9.17, 15) is 19.2 Å². The summed E-state index contributed by atoms with van der Waals surface area (Å²) in [6.07, 6.45) is 0. The van der Waals surface area contributed by atoms with Crippen molar-refractivity contribution in [3.8, 4) is 0 Å². The number of nitrogens with zero attached hydrogens (tertiary/aromatic N) is 2. The molecule has 0 aromatic heterocycles. The van der Waals surface area contributed by atoms with Gasteiger partial charge in [-0.05, 0) is 50.2 Å². The SMILES string of the molecule is CC(=O)N(C(=O)Nc1ccc2c(c1)C(=O)N(C(C)C)C2=O)c1cccc(N)c1. The second-order valence-corrected chi connectivity index (χ2v) is 6.71. The number of anilines is 3. The highest BCUT2D eigenvalue weighted by molar-refractivity contribution is 6.22. The number of fused-ring (bicyclic) bond motifs is 1. The van der Waals surface area contributed by atoms with E-state index in [0.29, 0.717) is 17.1 Å². The largest absolute Gasteiger partial charge is 0.399 e. The first kappa shape index (κ1) is 19.1. The Labute approximate surface area is 161 Å². The third kappa shape index (κ3) is 3.32. The molecule has 1 heterocycles. The molecule has 0 saturated heterocycles. The summed E-state index contributed by atoms with van der Waals surface area (Å²) in [5.74, 6) is -1.27. The van der Waals surface area contributed by atoms with Crippen LogP contribution in [-0.4, -0.2) is 34.7 Å². The van der Waals surface area contributed by atoms with E-state index in [1.54, 1.807) is 32.0 Å². The minimum Gasteiger partial charge on any atom is -0.399 e. The molecule has 1 aliphatic rings. The Hall–Kier alpha value is -3.68. The maximum Gasteiger partial charge on any atom is 0.333 e. The molecule has 0 unspecified atom stereocenters. The monoisotopic (exact) mass is 380 g/mol. The van der Waals surface area contributed by atoms with Crippen molar-refractivity contribution in [1.29, 1.82) is 0 Å². The molecule has 8 heteroatoms. The molecular formula is C20H20N4O4. The van der Waals surface area contributed by atoms with Crippen LogP contribution in [0.1, 0.15) is 41.5 Å². The van der Waals surface area contributed by atoms with Crippen LogP contribution in [0.3, 0.4) is 0 Å². The molecule has 8 nitrogen and oxygen atoms in total. The van der Waals surface area contributed by atoms with Crippen molar-refractivity contribution >= 4 is 40.8 Å². The summed E-state index contributed by atoms with van der Waals surface area (Å²) in [5.41, 5.74) is 7.27. The van der Waals surface area contributed by atoms with Crippen LogP contribution in [0, 0.1) is 0 Å². The number of hydrogen-bond donors (Lipinski definition) is 2. The van der Waals surface area contributed by atoms with E-state index in [2.05, 4.69) is 5.32 Å². The Morgan fingerprint density at radius 2 is 1.71 bits per heavy atom. The number of nitrogens with one attached hydrogen (secondary N) is 1. The number of carbonyl (C=O) groups is 4. The van der Waals surface area contributed by atoms with E-state index < -0.39 is 17.8 Å². The number of rotatable bonds is 3. The summed E-state index contributed by atoms with van der Waals surface area (Å²) in [5, 5.41) is 2.59. The van der Waals surface area contributed by atoms with Crippen LogP contribution >= 0.6 is 0 Å². The number of hydrogen-bond acceptors (Lipinski definition) is 5. The Morgan fingerprint density at radius 1 is 1.04 bits per heavy atom. The standard InChI is InChI=1S/C20H20N4O4/c1-11(2)23-18(26)16-8-7-14(10-17(16)19(23)27)22-20(28)24(12(3)25)15-6-4-5-13(21)9-15/h4-11H,21H2,1-3H3,(H,22,28). The highest BCUT2D eigenvalue weighted by Gasteiger charge is 2.37. The second-order valence-electron chi connectivity index (χ2n) is 6.71. The zero-order valence-corrected chi connectivity index (χ0v) is 15.7. The van der Waals surface area contributed by atoms with E-state index in [4.69, 9.17) is 5.73 Å². The summed E-state index contributed by atoms with van der Waals surface area (Å²) in [6, 6.07) is 9.84. The number of amides is 5. The zero-order valence-electron chi connectivity index (χ0n) is 15.7. The topological polar surface area (TPSA) is 113 Å². The van der Waals surface area contributed by atoms with Gasteiger partial charge < -0.3 is 11.1 Å². The fourth-order valence-corrected chi connectivity index (χ4v) is 3.09. The average molecular weight is 380 g/mol. The van der Waals surface area contributed by atoms with E-state index >= 15 is 0 Å². The van der Waals surface area contributed by atoms with E-state index in [-0.39, 0.29) is 23.1 Å². The summed E-state index contributed by atoms with van der Waals surface area (Å²) < 4.78 is 0. The summed E-state index contributed by atoms with van der Waals surface area (Å²) >= 11 is 0. The van der Waals surface area contributed by atoms with Crippen molar-refractivity contribution in [2.75, 3.05) is 16.0 Å². The van der Waals surface area contributed by atoms with Gasteiger partial charge in [-0.25, -0.2) is 9.69 Å². The Bertz CT molecular complexity index is 999. The quantitative estimate of drug-likeness (QED) is 0.628. The first-order valence-corrected chi connectivity index (χ1v) is 8.70. The van der Waals surface area contributed by atoms with Crippen LogP contribution < -0.4 is 16.0 Å². The van der Waals surface area contributed by atoms with Gasteiger partial charge in [0.05, 0.1) is 16.8 Å². The number of imide groups is 2. The molecule has 2 aromatic carbocycles. The minimum absolute atomic E-state index is 0.217. The van der Waals surface area contributed by atoms with Gasteiger partial charge >= 0.3 is 6.03 Å².